The first-order chi connectivity index (χ1) is 13.2. The lowest BCUT2D eigenvalue weighted by molar-refractivity contribution is 0.392. The average Bonchev–Trinajstić information content (AvgIpc) is 2.85. The number of rotatable bonds is 0. The van der Waals surface area contributed by atoms with E-state index < -0.39 is 0 Å². The SMILES string of the molecule is N=C=NC(=S)N1CCC(=C2c3ccc(Cl)cc3SCc3cccnc32)CC1. The number of hydrogen-bond donors (Lipinski definition) is 1. The van der Waals surface area contributed by atoms with Crippen LogP contribution in [0.2, 0.25) is 5.02 Å². The first-order valence-corrected chi connectivity index (χ1v) is 10.4. The van der Waals surface area contributed by atoms with Crippen molar-refractivity contribution in [3.63, 3.8) is 0 Å². The molecule has 1 fully saturated rings. The van der Waals surface area contributed by atoms with Crippen molar-refractivity contribution in [1.82, 2.24) is 9.88 Å². The summed E-state index contributed by atoms with van der Waals surface area (Å²) in [5, 5.41) is 8.19. The number of hydrogen-bond acceptors (Lipinski definition) is 4. The molecule has 0 saturated carbocycles. The van der Waals surface area contributed by atoms with Gasteiger partial charge in [0.25, 0.3) is 0 Å². The van der Waals surface area contributed by atoms with Crippen LogP contribution >= 0.6 is 35.6 Å². The van der Waals surface area contributed by atoms with Crippen LogP contribution in [0.1, 0.15) is 29.7 Å². The highest BCUT2D eigenvalue weighted by molar-refractivity contribution is 7.98. The van der Waals surface area contributed by atoms with Crippen molar-refractivity contribution in [3.8, 4) is 0 Å². The molecule has 1 aromatic heterocycles. The molecule has 1 saturated heterocycles. The van der Waals surface area contributed by atoms with E-state index in [0.29, 0.717) is 5.11 Å². The molecule has 2 aromatic rings. The highest BCUT2D eigenvalue weighted by atomic mass is 35.5. The molecule has 0 aliphatic carbocycles. The molecule has 3 heterocycles. The zero-order chi connectivity index (χ0) is 18.8. The number of pyridine rings is 1. The minimum Gasteiger partial charge on any atom is -0.346 e. The lowest BCUT2D eigenvalue weighted by Crippen LogP contribution is -2.34. The predicted octanol–water partition coefficient (Wildman–Crippen LogP) is 5.28. The van der Waals surface area contributed by atoms with Gasteiger partial charge in [-0.1, -0.05) is 29.3 Å². The number of aliphatic imine (C=N–C) groups is 1. The minimum absolute atomic E-state index is 0.441. The molecule has 0 unspecified atom stereocenters. The molecule has 0 atom stereocenters. The highest BCUT2D eigenvalue weighted by Crippen LogP contribution is 2.43. The number of nitrogens with one attached hydrogen (secondary N) is 1. The van der Waals surface area contributed by atoms with Gasteiger partial charge in [-0.2, -0.15) is 4.99 Å². The van der Waals surface area contributed by atoms with E-state index in [4.69, 9.17) is 34.2 Å². The molecule has 136 valence electrons. The van der Waals surface area contributed by atoms with E-state index in [1.807, 2.05) is 41.0 Å². The zero-order valence-corrected chi connectivity index (χ0v) is 16.9. The fourth-order valence-electron chi connectivity index (χ4n) is 3.58. The summed E-state index contributed by atoms with van der Waals surface area (Å²) in [5.41, 5.74) is 6.17. The van der Waals surface area contributed by atoms with Gasteiger partial charge >= 0.3 is 0 Å². The third kappa shape index (κ3) is 3.71. The number of benzene rings is 1. The molecule has 4 nitrogen and oxygen atoms in total. The van der Waals surface area contributed by atoms with Gasteiger partial charge in [0.2, 0.25) is 5.11 Å². The molecule has 0 spiro atoms. The number of likely N-dealkylation sites (tertiary alicyclic amines) is 1. The van der Waals surface area contributed by atoms with Gasteiger partial charge in [0.05, 0.1) is 11.7 Å². The summed E-state index contributed by atoms with van der Waals surface area (Å²) < 4.78 is 0. The third-order valence-corrected chi connectivity index (χ3v) is 6.56. The molecule has 4 rings (SSSR count). The summed E-state index contributed by atoms with van der Waals surface area (Å²) in [6.45, 7) is 1.59. The molecule has 0 bridgehead atoms. The highest BCUT2D eigenvalue weighted by Gasteiger charge is 2.25. The third-order valence-electron chi connectivity index (χ3n) is 4.87. The Balaban J connectivity index is 1.79. The quantitative estimate of drug-likeness (QED) is 0.472. The van der Waals surface area contributed by atoms with Gasteiger partial charge in [-0.25, -0.2) is 5.41 Å². The van der Waals surface area contributed by atoms with Crippen LogP contribution in [-0.4, -0.2) is 34.1 Å². The Morgan fingerprint density at radius 1 is 1.30 bits per heavy atom. The Labute approximate surface area is 172 Å². The zero-order valence-electron chi connectivity index (χ0n) is 14.5. The summed E-state index contributed by atoms with van der Waals surface area (Å²) in [6, 6.07) is 12.3. The summed E-state index contributed by atoms with van der Waals surface area (Å²) >= 11 is 13.3. The van der Waals surface area contributed by atoms with Crippen LogP contribution in [0.25, 0.3) is 5.57 Å². The van der Waals surface area contributed by atoms with Crippen molar-refractivity contribution in [2.45, 2.75) is 23.5 Å². The molecule has 2 aliphatic rings. The number of piperidine rings is 1. The maximum absolute atomic E-state index is 6.99. The van der Waals surface area contributed by atoms with Gasteiger partial charge < -0.3 is 4.90 Å². The normalized spacial score (nSPS) is 16.1. The lowest BCUT2D eigenvalue weighted by atomic mass is 9.89. The molecular formula is C20H17ClN4S2. The Hall–Kier alpha value is -1.98. The van der Waals surface area contributed by atoms with Crippen molar-refractivity contribution in [2.24, 2.45) is 4.99 Å². The van der Waals surface area contributed by atoms with E-state index in [9.17, 15) is 0 Å². The molecule has 0 radical (unpaired) electrons. The number of thiocarbonyl (C=S) groups is 1. The topological polar surface area (TPSA) is 52.3 Å². The van der Waals surface area contributed by atoms with Crippen LogP contribution in [0.5, 0.6) is 0 Å². The standard InChI is InChI=1S/C20H17ClN4S2/c21-15-3-4-16-17(10-15)27-11-14-2-1-7-23-19(14)18(16)13-5-8-25(9-6-13)20(26)24-12-22/h1-4,7,10,22H,5-6,8-9,11H2. The Bertz CT molecular complexity index is 985. The molecular weight excluding hydrogens is 396 g/mol. The fourth-order valence-corrected chi connectivity index (χ4v) is 5.12. The smallest absolute Gasteiger partial charge is 0.205 e. The van der Waals surface area contributed by atoms with Gasteiger partial charge in [0, 0.05) is 40.5 Å². The summed E-state index contributed by atoms with van der Waals surface area (Å²) in [7, 11) is 0. The monoisotopic (exact) mass is 412 g/mol. The van der Waals surface area contributed by atoms with Crippen LogP contribution < -0.4 is 0 Å². The van der Waals surface area contributed by atoms with Gasteiger partial charge in [-0.3, -0.25) is 4.98 Å². The van der Waals surface area contributed by atoms with Gasteiger partial charge in [0.1, 0.15) is 0 Å². The Morgan fingerprint density at radius 3 is 2.89 bits per heavy atom. The van der Waals surface area contributed by atoms with Crippen molar-refractivity contribution < 1.29 is 0 Å². The predicted molar refractivity (Wildman–Crippen MR) is 115 cm³/mol. The molecule has 2 aliphatic heterocycles. The van der Waals surface area contributed by atoms with E-state index in [1.54, 1.807) is 0 Å². The van der Waals surface area contributed by atoms with Gasteiger partial charge in [-0.05, 0) is 54.4 Å². The second kappa shape index (κ2) is 7.95. The van der Waals surface area contributed by atoms with Crippen molar-refractivity contribution in [1.29, 1.82) is 5.41 Å². The Morgan fingerprint density at radius 2 is 2.11 bits per heavy atom. The van der Waals surface area contributed by atoms with E-state index in [-0.39, 0.29) is 0 Å². The Kier molecular flexibility index (Phi) is 5.41. The summed E-state index contributed by atoms with van der Waals surface area (Å²) in [6.07, 6.45) is 3.66. The van der Waals surface area contributed by atoms with Gasteiger partial charge in [-0.15, -0.1) is 11.8 Å². The van der Waals surface area contributed by atoms with E-state index in [2.05, 4.69) is 23.2 Å². The van der Waals surface area contributed by atoms with E-state index in [0.717, 1.165) is 42.4 Å². The average molecular weight is 413 g/mol. The molecule has 7 heteroatoms. The summed E-state index contributed by atoms with van der Waals surface area (Å²) in [4.78, 5) is 11.8. The first-order valence-electron chi connectivity index (χ1n) is 8.68. The minimum atomic E-state index is 0.441. The fraction of sp³-hybridized carbons (Fsp3) is 0.250. The largest absolute Gasteiger partial charge is 0.346 e. The van der Waals surface area contributed by atoms with E-state index >= 15 is 0 Å². The molecule has 27 heavy (non-hydrogen) atoms. The maximum atomic E-state index is 6.99. The maximum Gasteiger partial charge on any atom is 0.205 e. The number of halogens is 1. The second-order valence-electron chi connectivity index (χ2n) is 6.41. The number of fused-ring (bicyclic) bond motifs is 2. The first kappa shape index (κ1) is 18.4. The van der Waals surface area contributed by atoms with Crippen molar-refractivity contribution >= 4 is 52.3 Å². The van der Waals surface area contributed by atoms with Crippen LogP contribution in [0.15, 0.2) is 52.0 Å². The second-order valence-corrected chi connectivity index (χ2v) is 8.23. The number of nitrogens with zero attached hydrogens (tertiary/aromatic N) is 3. The molecule has 1 aromatic carbocycles. The molecule has 1 N–H and O–H groups in total. The number of thioether (sulfide) groups is 1. The number of aromatic nitrogens is 1. The van der Waals surface area contributed by atoms with Crippen molar-refractivity contribution in [2.75, 3.05) is 13.1 Å². The van der Waals surface area contributed by atoms with Crippen molar-refractivity contribution in [3.05, 3.63) is 63.9 Å². The van der Waals surface area contributed by atoms with Gasteiger partial charge in [0.15, 0.2) is 0 Å². The van der Waals surface area contributed by atoms with E-state index in [1.165, 1.54) is 27.2 Å². The molecule has 0 amide bonds. The van der Waals surface area contributed by atoms with Crippen LogP contribution in [0.3, 0.4) is 0 Å². The lowest BCUT2D eigenvalue weighted by Gasteiger charge is -2.30. The summed E-state index contributed by atoms with van der Waals surface area (Å²) in [5.74, 6) is 0.886. The van der Waals surface area contributed by atoms with Crippen LogP contribution in [-0.2, 0) is 5.75 Å². The van der Waals surface area contributed by atoms with Crippen LogP contribution in [0, 0.1) is 5.41 Å². The van der Waals surface area contributed by atoms with Crippen LogP contribution in [0.4, 0.5) is 0 Å².